The maximum Gasteiger partial charge on any atom is 0.247 e. The third-order valence-corrected chi connectivity index (χ3v) is 6.20. The summed E-state index contributed by atoms with van der Waals surface area (Å²) in [6.07, 6.45) is 8.77. The zero-order chi connectivity index (χ0) is 24.9. The molecule has 1 aliphatic rings. The van der Waals surface area contributed by atoms with Gasteiger partial charge in [-0.3, -0.25) is 14.6 Å². The standard InChI is InChI=1S/C25H27N7O4/c1-17-8-9-21(36-17)24-28-30-32(29-24)16-22(33)31(15-20-7-4-14-35-20)23(18-10-12-26-13-11-18)25(34)27-19-5-2-3-6-19/h4,7-14,19,23H,2-3,5-6,15-16H2,1H3,(H,27,34). The van der Waals surface area contributed by atoms with Crippen LogP contribution in [0, 0.1) is 6.92 Å². The van der Waals surface area contributed by atoms with Crippen LogP contribution < -0.4 is 5.32 Å². The van der Waals surface area contributed by atoms with E-state index in [-0.39, 0.29) is 36.8 Å². The van der Waals surface area contributed by atoms with E-state index in [2.05, 4.69) is 25.7 Å². The van der Waals surface area contributed by atoms with E-state index < -0.39 is 6.04 Å². The summed E-state index contributed by atoms with van der Waals surface area (Å²) in [5, 5.41) is 15.5. The van der Waals surface area contributed by atoms with Gasteiger partial charge in [-0.15, -0.1) is 10.2 Å². The van der Waals surface area contributed by atoms with Crippen molar-refractivity contribution in [2.75, 3.05) is 0 Å². The molecule has 2 amide bonds. The van der Waals surface area contributed by atoms with Gasteiger partial charge >= 0.3 is 0 Å². The average molecular weight is 490 g/mol. The first kappa shape index (κ1) is 23.5. The Kier molecular flexibility index (Phi) is 6.87. The molecule has 1 N–H and O–H groups in total. The highest BCUT2D eigenvalue weighted by Crippen LogP contribution is 2.26. The highest BCUT2D eigenvalue weighted by atomic mass is 16.3. The molecule has 0 aliphatic heterocycles. The molecule has 1 fully saturated rings. The van der Waals surface area contributed by atoms with Crippen LogP contribution in [0.25, 0.3) is 11.6 Å². The Morgan fingerprint density at radius 2 is 1.97 bits per heavy atom. The lowest BCUT2D eigenvalue weighted by atomic mass is 10.0. The van der Waals surface area contributed by atoms with Crippen LogP contribution in [0.4, 0.5) is 0 Å². The van der Waals surface area contributed by atoms with E-state index in [9.17, 15) is 9.59 Å². The van der Waals surface area contributed by atoms with E-state index in [4.69, 9.17) is 8.83 Å². The molecule has 1 atom stereocenters. The van der Waals surface area contributed by atoms with Crippen molar-refractivity contribution in [1.29, 1.82) is 0 Å². The van der Waals surface area contributed by atoms with Crippen LogP contribution in [0.5, 0.6) is 0 Å². The molecule has 0 bridgehead atoms. The first-order chi connectivity index (χ1) is 17.6. The second-order valence-corrected chi connectivity index (χ2v) is 8.83. The van der Waals surface area contributed by atoms with Crippen LogP contribution >= 0.6 is 0 Å². The van der Waals surface area contributed by atoms with Gasteiger partial charge in [-0.1, -0.05) is 12.8 Å². The molecule has 4 aromatic rings. The van der Waals surface area contributed by atoms with E-state index in [0.29, 0.717) is 17.1 Å². The molecule has 36 heavy (non-hydrogen) atoms. The fourth-order valence-electron chi connectivity index (χ4n) is 4.44. The molecule has 4 aromatic heterocycles. The van der Waals surface area contributed by atoms with Crippen molar-refractivity contribution in [1.82, 2.24) is 35.4 Å². The summed E-state index contributed by atoms with van der Waals surface area (Å²) < 4.78 is 11.1. The lowest BCUT2D eigenvalue weighted by molar-refractivity contribution is -0.143. The number of tetrazole rings is 1. The van der Waals surface area contributed by atoms with Gasteiger partial charge in [0.1, 0.15) is 24.1 Å². The smallest absolute Gasteiger partial charge is 0.247 e. The summed E-state index contributed by atoms with van der Waals surface area (Å²) in [6.45, 7) is 1.70. The van der Waals surface area contributed by atoms with Crippen LogP contribution in [0.2, 0.25) is 0 Å². The van der Waals surface area contributed by atoms with Gasteiger partial charge in [0.15, 0.2) is 5.76 Å². The summed E-state index contributed by atoms with van der Waals surface area (Å²) in [7, 11) is 0. The van der Waals surface area contributed by atoms with Crippen molar-refractivity contribution in [3.8, 4) is 11.6 Å². The molecule has 11 heteroatoms. The summed E-state index contributed by atoms with van der Waals surface area (Å²) in [5.74, 6) is 1.40. The van der Waals surface area contributed by atoms with Crippen LogP contribution in [-0.2, 0) is 22.7 Å². The summed E-state index contributed by atoms with van der Waals surface area (Å²) >= 11 is 0. The van der Waals surface area contributed by atoms with E-state index >= 15 is 0 Å². The quantitative estimate of drug-likeness (QED) is 0.379. The van der Waals surface area contributed by atoms with Gasteiger partial charge in [-0.25, -0.2) is 0 Å². The topological polar surface area (TPSA) is 132 Å². The summed E-state index contributed by atoms with van der Waals surface area (Å²) in [5.41, 5.74) is 0.652. The molecule has 1 unspecified atom stereocenters. The minimum atomic E-state index is -0.887. The Morgan fingerprint density at radius 3 is 2.67 bits per heavy atom. The molecule has 4 heterocycles. The number of nitrogens with zero attached hydrogens (tertiary/aromatic N) is 6. The number of carbonyl (C=O) groups excluding carboxylic acids is 2. The molecule has 1 saturated carbocycles. The molecule has 186 valence electrons. The molecule has 0 spiro atoms. The van der Waals surface area contributed by atoms with E-state index in [1.165, 1.54) is 16.0 Å². The van der Waals surface area contributed by atoms with Gasteiger partial charge in [-0.2, -0.15) is 4.80 Å². The second-order valence-electron chi connectivity index (χ2n) is 8.83. The van der Waals surface area contributed by atoms with Gasteiger partial charge in [0.25, 0.3) is 0 Å². The van der Waals surface area contributed by atoms with Crippen LogP contribution in [0.15, 0.2) is 63.9 Å². The second kappa shape index (κ2) is 10.5. The maximum absolute atomic E-state index is 13.7. The Morgan fingerprint density at radius 1 is 1.17 bits per heavy atom. The number of hydrogen-bond acceptors (Lipinski definition) is 8. The number of furan rings is 2. The van der Waals surface area contributed by atoms with Gasteiger partial charge in [0, 0.05) is 18.4 Å². The number of rotatable bonds is 9. The van der Waals surface area contributed by atoms with Gasteiger partial charge < -0.3 is 19.1 Å². The monoisotopic (exact) mass is 489 g/mol. The van der Waals surface area contributed by atoms with Crippen LogP contribution in [-0.4, -0.2) is 47.9 Å². The molecule has 11 nitrogen and oxygen atoms in total. The fraction of sp³-hybridized carbons (Fsp3) is 0.360. The average Bonchev–Trinajstić information content (AvgIpc) is 3.68. The Labute approximate surface area is 207 Å². The van der Waals surface area contributed by atoms with Crippen molar-refractivity contribution < 1.29 is 18.4 Å². The third-order valence-electron chi connectivity index (χ3n) is 6.20. The summed E-state index contributed by atoms with van der Waals surface area (Å²) in [6, 6.07) is 9.75. The predicted octanol–water partition coefficient (Wildman–Crippen LogP) is 3.06. The molecule has 1 aliphatic carbocycles. The number of nitrogens with one attached hydrogen (secondary N) is 1. The molecular formula is C25H27N7O4. The normalized spacial score (nSPS) is 14.6. The summed E-state index contributed by atoms with van der Waals surface area (Å²) in [4.78, 5) is 34.0. The Balaban J connectivity index is 1.43. The number of pyridine rings is 1. The van der Waals surface area contributed by atoms with Crippen molar-refractivity contribution in [2.24, 2.45) is 0 Å². The first-order valence-corrected chi connectivity index (χ1v) is 11.9. The van der Waals surface area contributed by atoms with E-state index in [0.717, 1.165) is 31.4 Å². The minimum absolute atomic E-state index is 0.0931. The first-order valence-electron chi connectivity index (χ1n) is 11.9. The zero-order valence-corrected chi connectivity index (χ0v) is 19.9. The lowest BCUT2D eigenvalue weighted by Gasteiger charge is -2.31. The number of aryl methyl sites for hydroxylation is 1. The highest BCUT2D eigenvalue weighted by Gasteiger charge is 2.34. The lowest BCUT2D eigenvalue weighted by Crippen LogP contribution is -2.46. The number of hydrogen-bond donors (Lipinski definition) is 1. The van der Waals surface area contributed by atoms with Crippen LogP contribution in [0.3, 0.4) is 0 Å². The SMILES string of the molecule is Cc1ccc(-c2nnn(CC(=O)N(Cc3ccco3)C(C(=O)NC3CCCC3)c3ccncc3)n2)o1. The van der Waals surface area contributed by atoms with Gasteiger partial charge in [0.2, 0.25) is 17.6 Å². The van der Waals surface area contributed by atoms with Crippen LogP contribution in [0.1, 0.15) is 48.8 Å². The molecule has 0 aromatic carbocycles. The molecule has 0 radical (unpaired) electrons. The highest BCUT2D eigenvalue weighted by molar-refractivity contribution is 5.88. The number of aromatic nitrogens is 5. The Hall–Kier alpha value is -4.28. The van der Waals surface area contributed by atoms with E-state index in [1.54, 1.807) is 48.8 Å². The number of carbonyl (C=O) groups is 2. The molecule has 5 rings (SSSR count). The van der Waals surface area contributed by atoms with Crippen molar-refractivity contribution >= 4 is 11.8 Å². The molecule has 0 saturated heterocycles. The predicted molar refractivity (Wildman–Crippen MR) is 127 cm³/mol. The fourth-order valence-corrected chi connectivity index (χ4v) is 4.44. The maximum atomic E-state index is 13.7. The number of amides is 2. The largest absolute Gasteiger partial charge is 0.467 e. The van der Waals surface area contributed by atoms with Crippen molar-refractivity contribution in [3.05, 3.63) is 72.1 Å². The van der Waals surface area contributed by atoms with Crippen molar-refractivity contribution in [2.45, 2.75) is 57.8 Å². The zero-order valence-electron chi connectivity index (χ0n) is 19.9. The minimum Gasteiger partial charge on any atom is -0.467 e. The third kappa shape index (κ3) is 5.35. The van der Waals surface area contributed by atoms with Crippen molar-refractivity contribution in [3.63, 3.8) is 0 Å². The van der Waals surface area contributed by atoms with Gasteiger partial charge in [-0.05, 0) is 66.9 Å². The van der Waals surface area contributed by atoms with E-state index in [1.807, 2.05) is 6.92 Å². The van der Waals surface area contributed by atoms with Gasteiger partial charge in [0.05, 0.1) is 12.8 Å². The molecular weight excluding hydrogens is 462 g/mol. The Bertz CT molecular complexity index is 1290.